The fraction of sp³-hybridized carbons (Fsp3) is 0.300. The van der Waals surface area contributed by atoms with E-state index in [4.69, 9.17) is 9.72 Å². The van der Waals surface area contributed by atoms with Crippen LogP contribution in [0.2, 0.25) is 0 Å². The molecule has 4 rings (SSSR count). The van der Waals surface area contributed by atoms with Crippen molar-refractivity contribution in [1.29, 1.82) is 0 Å². The first-order chi connectivity index (χ1) is 14.0. The molecule has 0 aromatic carbocycles. The summed E-state index contributed by atoms with van der Waals surface area (Å²) < 4.78 is 7.01. The van der Waals surface area contributed by atoms with Gasteiger partial charge in [0.2, 0.25) is 0 Å². The largest absolute Gasteiger partial charge is 0.450 e. The molecule has 4 heterocycles. The predicted octanol–water partition coefficient (Wildman–Crippen LogP) is 3.14. The van der Waals surface area contributed by atoms with Crippen molar-refractivity contribution in [2.45, 2.75) is 13.5 Å². The number of rotatable bonds is 5. The zero-order valence-electron chi connectivity index (χ0n) is 16.9. The lowest BCUT2D eigenvalue weighted by atomic mass is 10.2. The van der Waals surface area contributed by atoms with Gasteiger partial charge in [0, 0.05) is 26.5 Å². The summed E-state index contributed by atoms with van der Waals surface area (Å²) >= 11 is 0. The Labute approximate surface area is 167 Å². The van der Waals surface area contributed by atoms with E-state index in [0.29, 0.717) is 13.2 Å². The second-order valence-electron chi connectivity index (χ2n) is 6.78. The Morgan fingerprint density at radius 2 is 2.17 bits per heavy atom. The number of hydrogen-bond donors (Lipinski definition) is 2. The van der Waals surface area contributed by atoms with Crippen LogP contribution in [-0.2, 0) is 18.3 Å². The minimum atomic E-state index is -0.368. The van der Waals surface area contributed by atoms with Crippen molar-refractivity contribution in [3.63, 3.8) is 0 Å². The molecular formula is C20H23N7O2. The van der Waals surface area contributed by atoms with Crippen LogP contribution < -0.4 is 5.32 Å². The number of aromatic nitrogens is 5. The number of aryl methyl sites for hydroxylation is 1. The third-order valence-corrected chi connectivity index (χ3v) is 4.74. The van der Waals surface area contributed by atoms with Gasteiger partial charge < -0.3 is 24.5 Å². The number of carbonyl (C=O) groups excluding carboxylic acids is 1. The van der Waals surface area contributed by atoms with Gasteiger partial charge in [-0.1, -0.05) is 6.07 Å². The van der Waals surface area contributed by atoms with Gasteiger partial charge in [-0.05, 0) is 25.1 Å². The Morgan fingerprint density at radius 1 is 1.34 bits per heavy atom. The molecule has 9 nitrogen and oxygen atoms in total. The molecule has 0 saturated carbocycles. The van der Waals surface area contributed by atoms with Crippen molar-refractivity contribution >= 4 is 34.0 Å². The van der Waals surface area contributed by atoms with Crippen molar-refractivity contribution in [3.05, 3.63) is 36.3 Å². The number of anilines is 1. The molecule has 0 saturated heterocycles. The minimum absolute atomic E-state index is 0.343. The van der Waals surface area contributed by atoms with E-state index in [9.17, 15) is 4.79 Å². The number of aromatic amines is 1. The highest BCUT2D eigenvalue weighted by Gasteiger charge is 2.16. The molecule has 1 amide bonds. The standard InChI is InChI=1S/C20H23N7O2/c1-5-29-20(28)26(3)10-12-7-6-8-14(23-12)15-9-13-17-16(22-11-27(17)4)19(21-2)25-18(13)24-15/h6-9,11H,5,10H2,1-4H3,(H2,21,24,25). The summed E-state index contributed by atoms with van der Waals surface area (Å²) in [5, 5.41) is 4.08. The maximum absolute atomic E-state index is 11.9. The molecule has 150 valence electrons. The number of nitrogens with zero attached hydrogens (tertiary/aromatic N) is 5. The quantitative estimate of drug-likeness (QED) is 0.540. The number of ether oxygens (including phenoxy) is 1. The minimum Gasteiger partial charge on any atom is -0.450 e. The van der Waals surface area contributed by atoms with Crippen LogP contribution in [0.4, 0.5) is 10.6 Å². The Hall–Kier alpha value is -3.62. The average molecular weight is 393 g/mol. The molecule has 0 unspecified atom stereocenters. The van der Waals surface area contributed by atoms with E-state index in [2.05, 4.69) is 20.3 Å². The first-order valence-electron chi connectivity index (χ1n) is 9.37. The lowest BCUT2D eigenvalue weighted by Crippen LogP contribution is -2.27. The SMILES string of the molecule is CCOC(=O)N(C)Cc1cccc(-c2cc3c(nc(NC)c4ncn(C)c43)[nH]2)n1. The van der Waals surface area contributed by atoms with Gasteiger partial charge in [0.1, 0.15) is 11.2 Å². The highest BCUT2D eigenvalue weighted by molar-refractivity contribution is 6.07. The Balaban J connectivity index is 1.73. The number of hydrogen-bond acceptors (Lipinski definition) is 6. The normalized spacial score (nSPS) is 11.2. The van der Waals surface area contributed by atoms with Gasteiger partial charge in [-0.3, -0.25) is 0 Å². The first-order valence-corrected chi connectivity index (χ1v) is 9.37. The summed E-state index contributed by atoms with van der Waals surface area (Å²) in [5.74, 6) is 0.722. The second-order valence-corrected chi connectivity index (χ2v) is 6.78. The molecule has 0 aliphatic rings. The molecule has 2 N–H and O–H groups in total. The predicted molar refractivity (Wildman–Crippen MR) is 112 cm³/mol. The Morgan fingerprint density at radius 3 is 2.93 bits per heavy atom. The fourth-order valence-corrected chi connectivity index (χ4v) is 3.37. The number of H-pyrrole nitrogens is 1. The van der Waals surface area contributed by atoms with Gasteiger partial charge in [0.25, 0.3) is 0 Å². The third kappa shape index (κ3) is 3.35. The highest BCUT2D eigenvalue weighted by Crippen LogP contribution is 2.31. The van der Waals surface area contributed by atoms with Crippen LogP contribution in [0, 0.1) is 0 Å². The zero-order valence-corrected chi connectivity index (χ0v) is 16.9. The third-order valence-electron chi connectivity index (χ3n) is 4.74. The summed E-state index contributed by atoms with van der Waals surface area (Å²) in [6.07, 6.45) is 1.41. The van der Waals surface area contributed by atoms with Gasteiger partial charge in [-0.25, -0.2) is 19.7 Å². The Kier molecular flexibility index (Phi) is 4.79. The van der Waals surface area contributed by atoms with E-state index >= 15 is 0 Å². The monoisotopic (exact) mass is 393 g/mol. The lowest BCUT2D eigenvalue weighted by molar-refractivity contribution is 0.113. The van der Waals surface area contributed by atoms with Crippen molar-refractivity contribution in [2.24, 2.45) is 7.05 Å². The molecule has 4 aromatic rings. The van der Waals surface area contributed by atoms with E-state index in [1.165, 1.54) is 4.90 Å². The number of pyridine rings is 2. The summed E-state index contributed by atoms with van der Waals surface area (Å²) in [6.45, 7) is 2.49. The number of nitrogens with one attached hydrogen (secondary N) is 2. The van der Waals surface area contributed by atoms with E-state index in [-0.39, 0.29) is 6.09 Å². The van der Waals surface area contributed by atoms with E-state index in [1.54, 1.807) is 20.3 Å². The van der Waals surface area contributed by atoms with Crippen LogP contribution in [0.15, 0.2) is 30.6 Å². The molecule has 9 heteroatoms. The van der Waals surface area contributed by atoms with E-state index in [0.717, 1.165) is 45.0 Å². The van der Waals surface area contributed by atoms with Crippen LogP contribution in [0.25, 0.3) is 33.5 Å². The maximum atomic E-state index is 11.9. The Bertz CT molecular complexity index is 1190. The molecule has 4 aromatic heterocycles. The average Bonchev–Trinajstić information content (AvgIpc) is 3.31. The van der Waals surface area contributed by atoms with Crippen LogP contribution in [0.1, 0.15) is 12.6 Å². The van der Waals surface area contributed by atoms with Crippen LogP contribution in [0.3, 0.4) is 0 Å². The van der Waals surface area contributed by atoms with Crippen molar-refractivity contribution in [2.75, 3.05) is 26.0 Å². The van der Waals surface area contributed by atoms with Gasteiger partial charge >= 0.3 is 6.09 Å². The van der Waals surface area contributed by atoms with Crippen molar-refractivity contribution in [3.8, 4) is 11.4 Å². The molecule has 0 bridgehead atoms. The molecular weight excluding hydrogens is 370 g/mol. The molecule has 0 spiro atoms. The van der Waals surface area contributed by atoms with E-state index in [1.807, 2.05) is 42.9 Å². The number of fused-ring (bicyclic) bond motifs is 3. The summed E-state index contributed by atoms with van der Waals surface area (Å²) in [4.78, 5) is 30.5. The van der Waals surface area contributed by atoms with Crippen molar-refractivity contribution < 1.29 is 9.53 Å². The maximum Gasteiger partial charge on any atom is 0.409 e. The summed E-state index contributed by atoms with van der Waals surface area (Å²) in [5.41, 5.74) is 4.98. The van der Waals surface area contributed by atoms with Crippen molar-refractivity contribution in [1.82, 2.24) is 29.4 Å². The van der Waals surface area contributed by atoms with E-state index < -0.39 is 0 Å². The summed E-state index contributed by atoms with van der Waals surface area (Å²) in [7, 11) is 5.49. The molecule has 29 heavy (non-hydrogen) atoms. The fourth-order valence-electron chi connectivity index (χ4n) is 3.37. The van der Waals surface area contributed by atoms with Gasteiger partial charge in [-0.15, -0.1) is 0 Å². The summed E-state index contributed by atoms with van der Waals surface area (Å²) in [6, 6.07) is 7.78. The first kappa shape index (κ1) is 18.7. The number of carbonyl (C=O) groups is 1. The molecule has 0 atom stereocenters. The highest BCUT2D eigenvalue weighted by atomic mass is 16.5. The topological polar surface area (TPSA) is 101 Å². The van der Waals surface area contributed by atoms with Crippen LogP contribution in [0.5, 0.6) is 0 Å². The van der Waals surface area contributed by atoms with Crippen LogP contribution >= 0.6 is 0 Å². The number of imidazole rings is 1. The molecule has 0 aliphatic carbocycles. The molecule has 0 fully saturated rings. The molecule has 0 radical (unpaired) electrons. The van der Waals surface area contributed by atoms with Gasteiger partial charge in [-0.2, -0.15) is 0 Å². The number of amides is 1. The van der Waals surface area contributed by atoms with Gasteiger partial charge in [0.15, 0.2) is 5.82 Å². The van der Waals surface area contributed by atoms with Gasteiger partial charge in [0.05, 0.1) is 42.1 Å². The smallest absolute Gasteiger partial charge is 0.409 e. The zero-order chi connectivity index (χ0) is 20.5. The molecule has 0 aliphatic heterocycles. The second kappa shape index (κ2) is 7.42. The van der Waals surface area contributed by atoms with Crippen LogP contribution in [-0.4, -0.2) is 56.2 Å². The lowest BCUT2D eigenvalue weighted by Gasteiger charge is -2.16.